The van der Waals surface area contributed by atoms with Gasteiger partial charge >= 0.3 is 6.03 Å². The van der Waals surface area contributed by atoms with Crippen molar-refractivity contribution in [3.8, 4) is 5.75 Å². The molecule has 0 atom stereocenters. The minimum atomic E-state index is -0.342. The second-order valence-corrected chi connectivity index (χ2v) is 7.17. The quantitative estimate of drug-likeness (QED) is 0.556. The Morgan fingerprint density at radius 1 is 1.13 bits per heavy atom. The van der Waals surface area contributed by atoms with Gasteiger partial charge in [-0.05, 0) is 54.1 Å². The molecular weight excluding hydrogens is 404 g/mol. The van der Waals surface area contributed by atoms with Crippen LogP contribution >= 0.6 is 11.6 Å². The number of urea groups is 1. The van der Waals surface area contributed by atoms with E-state index < -0.39 is 0 Å². The van der Waals surface area contributed by atoms with Gasteiger partial charge in [0, 0.05) is 30.2 Å². The number of hydrogen-bond donors (Lipinski definition) is 3. The van der Waals surface area contributed by atoms with Gasteiger partial charge in [0.15, 0.2) is 0 Å². The Morgan fingerprint density at radius 2 is 1.93 bits per heavy atom. The standard InChI is InChI=1S/C22H23ClN4O3/c1-13-8-20(30-3)18(11-17(13)23)27-22(29)25-7-6-14-4-5-15-10-19(21(28)24-2)26-12-16(15)9-14/h4-5,8-12H,6-7H2,1-3H3,(H,24,28)(H2,25,27,29). The van der Waals surface area contributed by atoms with Gasteiger partial charge in [-0.25, -0.2) is 4.79 Å². The number of methoxy groups -OCH3 is 1. The number of aryl methyl sites for hydroxylation is 1. The second kappa shape index (κ2) is 9.45. The summed E-state index contributed by atoms with van der Waals surface area (Å²) in [6, 6.07) is 10.8. The summed E-state index contributed by atoms with van der Waals surface area (Å²) in [5.74, 6) is 0.327. The number of hydrogen-bond acceptors (Lipinski definition) is 4. The van der Waals surface area contributed by atoms with Crippen LogP contribution in [0.4, 0.5) is 10.5 Å². The minimum Gasteiger partial charge on any atom is -0.495 e. The highest BCUT2D eigenvalue weighted by molar-refractivity contribution is 6.31. The van der Waals surface area contributed by atoms with Crippen LogP contribution in [0.25, 0.3) is 10.8 Å². The Bertz CT molecular complexity index is 1100. The van der Waals surface area contributed by atoms with Crippen molar-refractivity contribution >= 4 is 40.0 Å². The fourth-order valence-corrected chi connectivity index (χ4v) is 3.17. The smallest absolute Gasteiger partial charge is 0.319 e. The van der Waals surface area contributed by atoms with Crippen molar-refractivity contribution in [3.05, 3.63) is 64.4 Å². The van der Waals surface area contributed by atoms with Crippen LogP contribution in [0.2, 0.25) is 5.02 Å². The molecule has 3 amide bonds. The molecule has 1 heterocycles. The van der Waals surface area contributed by atoms with E-state index in [2.05, 4.69) is 20.9 Å². The van der Waals surface area contributed by atoms with Crippen LogP contribution in [0.15, 0.2) is 42.6 Å². The van der Waals surface area contributed by atoms with Crippen molar-refractivity contribution in [2.24, 2.45) is 0 Å². The number of fused-ring (bicyclic) bond motifs is 1. The maximum atomic E-state index is 12.2. The third-order valence-corrected chi connectivity index (χ3v) is 5.08. The lowest BCUT2D eigenvalue weighted by molar-refractivity contribution is 0.0958. The third-order valence-electron chi connectivity index (χ3n) is 4.67. The molecule has 0 aliphatic heterocycles. The minimum absolute atomic E-state index is 0.220. The summed E-state index contributed by atoms with van der Waals surface area (Å²) in [7, 11) is 3.11. The molecule has 0 radical (unpaired) electrons. The van der Waals surface area contributed by atoms with Gasteiger partial charge in [-0.3, -0.25) is 9.78 Å². The molecule has 3 N–H and O–H groups in total. The average molecular weight is 427 g/mol. The van der Waals surface area contributed by atoms with E-state index in [4.69, 9.17) is 16.3 Å². The van der Waals surface area contributed by atoms with Crippen molar-refractivity contribution in [2.45, 2.75) is 13.3 Å². The lowest BCUT2D eigenvalue weighted by Gasteiger charge is -2.13. The van der Waals surface area contributed by atoms with Crippen LogP contribution < -0.4 is 20.7 Å². The molecule has 0 aliphatic rings. The number of carbonyl (C=O) groups is 2. The Morgan fingerprint density at radius 3 is 2.67 bits per heavy atom. The molecular formula is C22H23ClN4O3. The number of anilines is 1. The number of nitrogens with zero attached hydrogens (tertiary/aromatic N) is 1. The number of halogens is 1. The van der Waals surface area contributed by atoms with Crippen molar-refractivity contribution in [3.63, 3.8) is 0 Å². The fourth-order valence-electron chi connectivity index (χ4n) is 3.01. The molecule has 0 unspecified atom stereocenters. The molecule has 3 aromatic rings. The Hall–Kier alpha value is -3.32. The summed E-state index contributed by atoms with van der Waals surface area (Å²) in [5.41, 5.74) is 2.80. The zero-order valence-corrected chi connectivity index (χ0v) is 17.8. The maximum absolute atomic E-state index is 12.2. The highest BCUT2D eigenvalue weighted by atomic mass is 35.5. The highest BCUT2D eigenvalue weighted by Gasteiger charge is 2.10. The van der Waals surface area contributed by atoms with Gasteiger partial charge in [0.25, 0.3) is 5.91 Å². The zero-order chi connectivity index (χ0) is 21.7. The summed E-state index contributed by atoms with van der Waals surface area (Å²) in [4.78, 5) is 28.1. The predicted octanol–water partition coefficient (Wildman–Crippen LogP) is 3.93. The number of nitrogens with one attached hydrogen (secondary N) is 3. The molecule has 0 bridgehead atoms. The van der Waals surface area contributed by atoms with Crippen LogP contribution in [0.5, 0.6) is 5.75 Å². The van der Waals surface area contributed by atoms with Crippen molar-refractivity contribution < 1.29 is 14.3 Å². The van der Waals surface area contributed by atoms with Crippen LogP contribution in [-0.2, 0) is 6.42 Å². The van der Waals surface area contributed by atoms with Crippen LogP contribution in [0.3, 0.4) is 0 Å². The van der Waals surface area contributed by atoms with Gasteiger partial charge < -0.3 is 20.7 Å². The molecule has 8 heteroatoms. The number of aromatic nitrogens is 1. The molecule has 0 fully saturated rings. The molecule has 1 aromatic heterocycles. The van der Waals surface area contributed by atoms with Crippen LogP contribution in [-0.4, -0.2) is 37.6 Å². The number of pyridine rings is 1. The largest absolute Gasteiger partial charge is 0.495 e. The predicted molar refractivity (Wildman–Crippen MR) is 119 cm³/mol. The number of amides is 3. The molecule has 7 nitrogen and oxygen atoms in total. The Balaban J connectivity index is 1.59. The number of rotatable bonds is 6. The second-order valence-electron chi connectivity index (χ2n) is 6.76. The summed E-state index contributed by atoms with van der Waals surface area (Å²) in [6.45, 7) is 2.32. The Kier molecular flexibility index (Phi) is 6.74. The number of benzene rings is 2. The van der Waals surface area contributed by atoms with Gasteiger partial charge in [-0.1, -0.05) is 23.7 Å². The van der Waals surface area contributed by atoms with E-state index in [-0.39, 0.29) is 11.9 Å². The van der Waals surface area contributed by atoms with Crippen molar-refractivity contribution in [2.75, 3.05) is 26.0 Å². The summed E-state index contributed by atoms with van der Waals surface area (Å²) in [5, 5.41) is 10.6. The van der Waals surface area contributed by atoms with E-state index in [0.717, 1.165) is 21.9 Å². The van der Waals surface area contributed by atoms with E-state index in [1.807, 2.05) is 25.1 Å². The highest BCUT2D eigenvalue weighted by Crippen LogP contribution is 2.30. The first-order valence-corrected chi connectivity index (χ1v) is 9.79. The molecule has 0 spiro atoms. The molecule has 0 aliphatic carbocycles. The lowest BCUT2D eigenvalue weighted by Crippen LogP contribution is -2.30. The summed E-state index contributed by atoms with van der Waals surface area (Å²) >= 11 is 6.14. The van der Waals surface area contributed by atoms with Gasteiger partial charge in [0.05, 0.1) is 12.8 Å². The summed E-state index contributed by atoms with van der Waals surface area (Å²) < 4.78 is 5.29. The Labute approximate surface area is 179 Å². The number of carbonyl (C=O) groups excluding carboxylic acids is 2. The van der Waals surface area contributed by atoms with Gasteiger partial charge in [0.1, 0.15) is 11.4 Å². The normalized spacial score (nSPS) is 10.5. The van der Waals surface area contributed by atoms with Crippen LogP contribution in [0, 0.1) is 6.92 Å². The first kappa shape index (κ1) is 21.4. The van der Waals surface area contributed by atoms with Crippen molar-refractivity contribution in [1.82, 2.24) is 15.6 Å². The molecule has 156 valence electrons. The zero-order valence-electron chi connectivity index (χ0n) is 17.0. The van der Waals surface area contributed by atoms with E-state index in [9.17, 15) is 9.59 Å². The van der Waals surface area contributed by atoms with Crippen molar-refractivity contribution in [1.29, 1.82) is 0 Å². The SMILES string of the molecule is CNC(=O)c1cc2ccc(CCNC(=O)Nc3cc(Cl)c(C)cc3OC)cc2cn1. The van der Waals surface area contributed by atoms with E-state index in [1.165, 1.54) is 7.11 Å². The van der Waals surface area contributed by atoms with Crippen LogP contribution in [0.1, 0.15) is 21.6 Å². The van der Waals surface area contributed by atoms with Gasteiger partial charge in [-0.2, -0.15) is 0 Å². The molecule has 30 heavy (non-hydrogen) atoms. The fraction of sp³-hybridized carbons (Fsp3) is 0.227. The average Bonchev–Trinajstić information content (AvgIpc) is 2.75. The molecule has 2 aromatic carbocycles. The number of ether oxygens (including phenoxy) is 1. The van der Waals surface area contributed by atoms with E-state index in [1.54, 1.807) is 31.4 Å². The monoisotopic (exact) mass is 426 g/mol. The maximum Gasteiger partial charge on any atom is 0.319 e. The summed E-state index contributed by atoms with van der Waals surface area (Å²) in [6.07, 6.45) is 2.32. The lowest BCUT2D eigenvalue weighted by atomic mass is 10.1. The van der Waals surface area contributed by atoms with E-state index in [0.29, 0.717) is 35.1 Å². The molecule has 0 saturated heterocycles. The molecule has 3 rings (SSSR count). The first-order valence-electron chi connectivity index (χ1n) is 9.41. The van der Waals surface area contributed by atoms with E-state index >= 15 is 0 Å². The third kappa shape index (κ3) is 4.99. The van der Waals surface area contributed by atoms with Gasteiger partial charge in [-0.15, -0.1) is 0 Å². The van der Waals surface area contributed by atoms with Gasteiger partial charge in [0.2, 0.25) is 0 Å². The first-order chi connectivity index (χ1) is 14.4. The molecule has 0 saturated carbocycles. The topological polar surface area (TPSA) is 92.4 Å².